The van der Waals surface area contributed by atoms with Crippen LogP contribution in [0.3, 0.4) is 0 Å². The van der Waals surface area contributed by atoms with Gasteiger partial charge >= 0.3 is 5.69 Å². The molecular formula is C25H41N5O3S. The summed E-state index contributed by atoms with van der Waals surface area (Å²) < 4.78 is 31.5. The molecule has 0 atom stereocenters. The van der Waals surface area contributed by atoms with Gasteiger partial charge in [-0.3, -0.25) is 9.13 Å². The predicted octanol–water partition coefficient (Wildman–Crippen LogP) is 3.20. The van der Waals surface area contributed by atoms with E-state index >= 15 is 0 Å². The van der Waals surface area contributed by atoms with E-state index in [2.05, 4.69) is 9.62 Å². The molecule has 2 fully saturated rings. The summed E-state index contributed by atoms with van der Waals surface area (Å²) in [4.78, 5) is 16.1. The third kappa shape index (κ3) is 5.93. The summed E-state index contributed by atoms with van der Waals surface area (Å²) >= 11 is 0. The molecule has 1 aromatic carbocycles. The van der Waals surface area contributed by atoms with E-state index in [9.17, 15) is 13.2 Å². The second kappa shape index (κ2) is 11.4. The van der Waals surface area contributed by atoms with Crippen LogP contribution in [0.4, 0.5) is 0 Å². The van der Waals surface area contributed by atoms with Crippen molar-refractivity contribution in [1.82, 2.24) is 23.1 Å². The van der Waals surface area contributed by atoms with Crippen LogP contribution in [0.5, 0.6) is 0 Å². The van der Waals surface area contributed by atoms with Gasteiger partial charge in [0.15, 0.2) is 0 Å². The lowest BCUT2D eigenvalue weighted by atomic mass is 9.90. The number of aromatic nitrogens is 2. The lowest BCUT2D eigenvalue weighted by Gasteiger charge is -2.35. The summed E-state index contributed by atoms with van der Waals surface area (Å²) in [6.07, 6.45) is 11.6. The average molecular weight is 492 g/mol. The third-order valence-electron chi connectivity index (χ3n) is 7.63. The summed E-state index contributed by atoms with van der Waals surface area (Å²) in [6, 6.07) is 8.06. The number of benzene rings is 1. The van der Waals surface area contributed by atoms with Crippen molar-refractivity contribution in [3.63, 3.8) is 0 Å². The molecule has 2 aromatic rings. The Kier molecular flexibility index (Phi) is 8.50. The minimum atomic E-state index is -3.52. The zero-order valence-electron chi connectivity index (χ0n) is 20.8. The first-order chi connectivity index (χ1) is 16.4. The Labute approximate surface area is 204 Å². The van der Waals surface area contributed by atoms with Crippen LogP contribution in [0, 0.1) is 5.92 Å². The van der Waals surface area contributed by atoms with Gasteiger partial charge in [0, 0.05) is 52.9 Å². The second-order valence-electron chi connectivity index (χ2n) is 10.2. The molecule has 1 saturated carbocycles. The van der Waals surface area contributed by atoms with Crippen LogP contribution in [0.15, 0.2) is 29.1 Å². The van der Waals surface area contributed by atoms with Crippen molar-refractivity contribution < 1.29 is 8.42 Å². The van der Waals surface area contributed by atoms with Gasteiger partial charge in [-0.2, -0.15) is 12.7 Å². The number of imidazole rings is 1. The number of para-hydroxylation sites is 2. The fraction of sp³-hybridized carbons (Fsp3) is 0.720. The van der Waals surface area contributed by atoms with Crippen LogP contribution >= 0.6 is 0 Å². The molecule has 190 valence electrons. The molecule has 0 bridgehead atoms. The van der Waals surface area contributed by atoms with Crippen LogP contribution in [0.2, 0.25) is 0 Å². The molecule has 1 aliphatic carbocycles. The maximum atomic E-state index is 13.5. The smallest absolute Gasteiger partial charge is 0.303 e. The van der Waals surface area contributed by atoms with Crippen LogP contribution in [-0.4, -0.2) is 67.0 Å². The number of fused-ring (bicyclic) bond motifs is 1. The van der Waals surface area contributed by atoms with Crippen molar-refractivity contribution in [1.29, 1.82) is 0 Å². The molecule has 0 unspecified atom stereocenters. The Hall–Kier alpha value is -1.68. The van der Waals surface area contributed by atoms with Gasteiger partial charge in [-0.15, -0.1) is 0 Å². The van der Waals surface area contributed by atoms with Crippen molar-refractivity contribution >= 4 is 21.2 Å². The van der Waals surface area contributed by atoms with Crippen molar-refractivity contribution in [3.8, 4) is 0 Å². The zero-order chi connectivity index (χ0) is 24.1. The lowest BCUT2D eigenvalue weighted by Crippen LogP contribution is -2.41. The Morgan fingerprint density at radius 3 is 2.21 bits per heavy atom. The molecule has 0 amide bonds. The highest BCUT2D eigenvalue weighted by atomic mass is 32.2. The van der Waals surface area contributed by atoms with E-state index in [1.54, 1.807) is 4.57 Å². The summed E-state index contributed by atoms with van der Waals surface area (Å²) in [7, 11) is -0.535. The summed E-state index contributed by atoms with van der Waals surface area (Å²) in [6.45, 7) is 3.76. The van der Waals surface area contributed by atoms with Gasteiger partial charge in [-0.25, -0.2) is 9.52 Å². The Balaban J connectivity index is 1.43. The number of rotatable bonds is 8. The van der Waals surface area contributed by atoms with E-state index in [1.165, 1.54) is 65.6 Å². The first-order valence-electron chi connectivity index (χ1n) is 13.0. The molecule has 4 rings (SSSR count). The fourth-order valence-electron chi connectivity index (χ4n) is 5.67. The Morgan fingerprint density at radius 1 is 0.941 bits per heavy atom. The second-order valence-corrected chi connectivity index (χ2v) is 12.2. The van der Waals surface area contributed by atoms with Gasteiger partial charge in [0.25, 0.3) is 10.2 Å². The van der Waals surface area contributed by atoms with E-state index in [0.29, 0.717) is 6.54 Å². The topological polar surface area (TPSA) is 79.6 Å². The molecule has 2 heterocycles. The molecule has 1 aromatic heterocycles. The highest BCUT2D eigenvalue weighted by molar-refractivity contribution is 7.87. The maximum absolute atomic E-state index is 13.5. The van der Waals surface area contributed by atoms with Gasteiger partial charge in [0.2, 0.25) is 0 Å². The van der Waals surface area contributed by atoms with E-state index in [-0.39, 0.29) is 18.3 Å². The number of nitrogens with one attached hydrogen (secondary N) is 1. The highest BCUT2D eigenvalue weighted by Gasteiger charge is 2.26. The van der Waals surface area contributed by atoms with Gasteiger partial charge in [0.1, 0.15) is 0 Å². The minimum absolute atomic E-state index is 0.0382. The van der Waals surface area contributed by atoms with Crippen LogP contribution in [0.1, 0.15) is 63.8 Å². The molecule has 8 nitrogen and oxygen atoms in total. The molecule has 0 spiro atoms. The van der Waals surface area contributed by atoms with E-state index in [4.69, 9.17) is 0 Å². The number of hydrogen-bond acceptors (Lipinski definition) is 4. The number of nitrogens with zero attached hydrogens (tertiary/aromatic N) is 4. The lowest BCUT2D eigenvalue weighted by molar-refractivity contribution is 0.152. The average Bonchev–Trinajstić information content (AvgIpc) is 3.07. The van der Waals surface area contributed by atoms with Gasteiger partial charge < -0.3 is 4.90 Å². The normalized spacial score (nSPS) is 20.1. The summed E-state index contributed by atoms with van der Waals surface area (Å²) in [5.41, 5.74) is 1.78. The van der Waals surface area contributed by atoms with Crippen molar-refractivity contribution in [2.75, 3.05) is 40.3 Å². The van der Waals surface area contributed by atoms with E-state index < -0.39 is 10.2 Å². The fourth-order valence-corrected chi connectivity index (χ4v) is 6.27. The number of piperidine rings is 1. The van der Waals surface area contributed by atoms with Gasteiger partial charge in [-0.05, 0) is 43.7 Å². The zero-order valence-corrected chi connectivity index (χ0v) is 21.6. The molecule has 34 heavy (non-hydrogen) atoms. The Morgan fingerprint density at radius 2 is 1.56 bits per heavy atom. The van der Waals surface area contributed by atoms with Gasteiger partial charge in [-0.1, -0.05) is 44.2 Å². The molecule has 2 aliphatic rings. The first kappa shape index (κ1) is 25.4. The molecule has 9 heteroatoms. The highest BCUT2D eigenvalue weighted by Crippen LogP contribution is 2.28. The number of likely N-dealkylation sites (tertiary alicyclic amines) is 1. The van der Waals surface area contributed by atoms with Crippen molar-refractivity contribution in [2.24, 2.45) is 5.92 Å². The van der Waals surface area contributed by atoms with Crippen LogP contribution in [0.25, 0.3) is 11.0 Å². The SMILES string of the molecule is CN(C)S(=O)(=O)NCCn1c(=O)n(C2CCN(CC3CCCCCCC3)CC2)c2ccccc21. The quantitative estimate of drug-likeness (QED) is 0.615. The number of hydrogen-bond donors (Lipinski definition) is 1. The largest absolute Gasteiger partial charge is 0.329 e. The van der Waals surface area contributed by atoms with E-state index in [0.717, 1.165) is 47.2 Å². The van der Waals surface area contributed by atoms with Crippen LogP contribution < -0.4 is 10.4 Å². The third-order valence-corrected chi connectivity index (χ3v) is 9.16. The predicted molar refractivity (Wildman–Crippen MR) is 137 cm³/mol. The van der Waals surface area contributed by atoms with Gasteiger partial charge in [0.05, 0.1) is 11.0 Å². The standard InChI is InChI=1S/C25H41N5O3S/c1-27(2)34(32,33)26-16-19-29-23-12-8-9-13-24(23)30(25(29)31)22-14-17-28(18-15-22)20-21-10-6-4-3-5-7-11-21/h8-9,12-13,21-22,26H,3-7,10-11,14-20H2,1-2H3. The minimum Gasteiger partial charge on any atom is -0.303 e. The van der Waals surface area contributed by atoms with Crippen molar-refractivity contribution in [2.45, 2.75) is 70.4 Å². The summed E-state index contributed by atoms with van der Waals surface area (Å²) in [5.74, 6) is 0.826. The van der Waals surface area contributed by atoms with Crippen molar-refractivity contribution in [3.05, 3.63) is 34.7 Å². The molecule has 1 N–H and O–H groups in total. The van der Waals surface area contributed by atoms with E-state index in [1.807, 2.05) is 28.8 Å². The molecule has 0 radical (unpaired) electrons. The first-order valence-corrected chi connectivity index (χ1v) is 14.4. The molecule has 1 saturated heterocycles. The Bertz CT molecular complexity index is 1090. The summed E-state index contributed by atoms with van der Waals surface area (Å²) in [5, 5.41) is 0. The molecular weight excluding hydrogens is 450 g/mol. The molecule has 1 aliphatic heterocycles. The van der Waals surface area contributed by atoms with Crippen LogP contribution in [-0.2, 0) is 16.8 Å². The maximum Gasteiger partial charge on any atom is 0.329 e. The monoisotopic (exact) mass is 491 g/mol.